The van der Waals surface area contributed by atoms with Gasteiger partial charge >= 0.3 is 0 Å². The quantitative estimate of drug-likeness (QED) is 0.849. The topological polar surface area (TPSA) is 54.3 Å². The Morgan fingerprint density at radius 1 is 1.47 bits per heavy atom. The van der Waals surface area contributed by atoms with Gasteiger partial charge in [0.25, 0.3) is 0 Å². The van der Waals surface area contributed by atoms with E-state index in [9.17, 15) is 9.90 Å². The Balaban J connectivity index is 2.25. The van der Waals surface area contributed by atoms with E-state index in [1.54, 1.807) is 0 Å². The molecule has 4 nitrogen and oxygen atoms in total. The number of amides is 1. The molecule has 0 fully saturated rings. The number of nitrogens with one attached hydrogen (secondary N) is 1. The number of benzene rings is 1. The van der Waals surface area contributed by atoms with Gasteiger partial charge in [-0.15, -0.1) is 0 Å². The van der Waals surface area contributed by atoms with Crippen LogP contribution >= 0.6 is 23.2 Å². The highest BCUT2D eigenvalue weighted by Crippen LogP contribution is 2.42. The van der Waals surface area contributed by atoms with E-state index in [0.29, 0.717) is 15.6 Å². The zero-order valence-electron chi connectivity index (χ0n) is 10.2. The lowest BCUT2D eigenvalue weighted by Gasteiger charge is -2.16. The molecule has 1 atom stereocenters. The van der Waals surface area contributed by atoms with Crippen LogP contribution in [0.5, 0.6) is 5.75 Å². The van der Waals surface area contributed by atoms with E-state index in [1.165, 1.54) is 13.0 Å². The minimum atomic E-state index is -0.145. The van der Waals surface area contributed by atoms with Crippen LogP contribution in [0.25, 0.3) is 10.9 Å². The Labute approximate surface area is 119 Å². The van der Waals surface area contributed by atoms with Crippen molar-refractivity contribution in [1.82, 2.24) is 9.88 Å². The Morgan fingerprint density at radius 3 is 2.89 bits per heavy atom. The van der Waals surface area contributed by atoms with Gasteiger partial charge in [0.2, 0.25) is 5.91 Å². The standard InChI is InChI=1S/C13H12Cl2N2O2/c1-6(18)16-11-3-2-7-4-8-12(15)9(14)5-10(19)13(8)17(7)11/h4-5,11,19H,2-3H2,1H3,(H,16,18). The minimum Gasteiger partial charge on any atom is -0.506 e. The number of carbonyl (C=O) groups is 1. The number of aryl methyl sites for hydroxylation is 1. The molecule has 3 rings (SSSR count). The number of nitrogens with zero attached hydrogens (tertiary/aromatic N) is 1. The van der Waals surface area contributed by atoms with E-state index in [-0.39, 0.29) is 17.8 Å². The first-order valence-corrected chi connectivity index (χ1v) is 6.72. The predicted molar refractivity (Wildman–Crippen MR) is 74.8 cm³/mol. The molecule has 0 spiro atoms. The Kier molecular flexibility index (Phi) is 2.87. The van der Waals surface area contributed by atoms with Gasteiger partial charge < -0.3 is 15.0 Å². The van der Waals surface area contributed by atoms with Crippen molar-refractivity contribution in [3.8, 4) is 5.75 Å². The van der Waals surface area contributed by atoms with Gasteiger partial charge in [-0.25, -0.2) is 0 Å². The largest absolute Gasteiger partial charge is 0.506 e. The van der Waals surface area contributed by atoms with Crippen LogP contribution in [0, 0.1) is 0 Å². The summed E-state index contributed by atoms with van der Waals surface area (Å²) in [7, 11) is 0. The van der Waals surface area contributed by atoms with Gasteiger partial charge in [0.05, 0.1) is 15.6 Å². The van der Waals surface area contributed by atoms with E-state index in [4.69, 9.17) is 23.2 Å². The molecule has 1 aromatic carbocycles. The number of aromatic nitrogens is 1. The molecule has 1 amide bonds. The lowest BCUT2D eigenvalue weighted by molar-refractivity contribution is -0.120. The third kappa shape index (κ3) is 1.86. The average Bonchev–Trinajstić information content (AvgIpc) is 2.86. The van der Waals surface area contributed by atoms with E-state index in [0.717, 1.165) is 23.9 Å². The Bertz CT molecular complexity index is 694. The van der Waals surface area contributed by atoms with Crippen LogP contribution in [0.15, 0.2) is 12.1 Å². The van der Waals surface area contributed by atoms with Crippen molar-refractivity contribution in [2.75, 3.05) is 0 Å². The molecule has 2 aromatic rings. The number of aromatic hydroxyl groups is 1. The van der Waals surface area contributed by atoms with Crippen molar-refractivity contribution in [3.05, 3.63) is 27.9 Å². The number of phenols is 1. The van der Waals surface area contributed by atoms with E-state index in [2.05, 4.69) is 5.32 Å². The first kappa shape index (κ1) is 12.6. The average molecular weight is 299 g/mol. The Morgan fingerprint density at radius 2 is 2.21 bits per heavy atom. The third-order valence-electron chi connectivity index (χ3n) is 3.42. The molecule has 19 heavy (non-hydrogen) atoms. The molecule has 1 aliphatic heterocycles. The van der Waals surface area contributed by atoms with Crippen LogP contribution in [0.4, 0.5) is 0 Å². The van der Waals surface area contributed by atoms with E-state index >= 15 is 0 Å². The molecule has 0 bridgehead atoms. The molecule has 0 aliphatic carbocycles. The lowest BCUT2D eigenvalue weighted by atomic mass is 10.2. The molecule has 1 aromatic heterocycles. The van der Waals surface area contributed by atoms with Crippen molar-refractivity contribution in [2.24, 2.45) is 0 Å². The maximum atomic E-state index is 11.2. The number of halogens is 2. The highest BCUT2D eigenvalue weighted by Gasteiger charge is 2.27. The lowest BCUT2D eigenvalue weighted by Crippen LogP contribution is -2.28. The summed E-state index contributed by atoms with van der Waals surface area (Å²) in [6, 6.07) is 3.35. The predicted octanol–water partition coefficient (Wildman–Crippen LogP) is 3.23. The second kappa shape index (κ2) is 4.32. The van der Waals surface area contributed by atoms with Crippen molar-refractivity contribution >= 4 is 40.0 Å². The van der Waals surface area contributed by atoms with Crippen LogP contribution in [0.2, 0.25) is 10.0 Å². The maximum absolute atomic E-state index is 11.2. The van der Waals surface area contributed by atoms with Gasteiger partial charge in [0.1, 0.15) is 11.9 Å². The SMILES string of the molecule is CC(=O)NC1CCc2cc3c(Cl)c(Cl)cc(O)c3n21. The number of fused-ring (bicyclic) bond motifs is 3. The summed E-state index contributed by atoms with van der Waals surface area (Å²) in [4.78, 5) is 11.2. The summed E-state index contributed by atoms with van der Waals surface area (Å²) in [5.74, 6) is -0.0212. The molecule has 6 heteroatoms. The van der Waals surface area contributed by atoms with Crippen molar-refractivity contribution < 1.29 is 9.90 Å². The number of rotatable bonds is 1. The molecule has 1 unspecified atom stereocenters. The van der Waals surface area contributed by atoms with Crippen molar-refractivity contribution in [2.45, 2.75) is 25.9 Å². The second-order valence-electron chi connectivity index (χ2n) is 4.71. The minimum absolute atomic E-state index is 0.0768. The summed E-state index contributed by atoms with van der Waals surface area (Å²) in [6.07, 6.45) is 1.49. The highest BCUT2D eigenvalue weighted by atomic mass is 35.5. The van der Waals surface area contributed by atoms with Crippen LogP contribution in [0.1, 0.15) is 25.2 Å². The molecule has 100 valence electrons. The van der Waals surface area contributed by atoms with Crippen LogP contribution < -0.4 is 5.32 Å². The van der Waals surface area contributed by atoms with Gasteiger partial charge in [-0.1, -0.05) is 23.2 Å². The third-order valence-corrected chi connectivity index (χ3v) is 4.23. The monoisotopic (exact) mass is 298 g/mol. The van der Waals surface area contributed by atoms with Crippen LogP contribution in [-0.4, -0.2) is 15.6 Å². The highest BCUT2D eigenvalue weighted by molar-refractivity contribution is 6.45. The fourth-order valence-electron chi connectivity index (χ4n) is 2.72. The van der Waals surface area contributed by atoms with Gasteiger partial charge in [-0.3, -0.25) is 4.79 Å². The van der Waals surface area contributed by atoms with Crippen molar-refractivity contribution in [3.63, 3.8) is 0 Å². The molecule has 2 heterocycles. The molecule has 0 saturated carbocycles. The summed E-state index contributed by atoms with van der Waals surface area (Å²) in [5.41, 5.74) is 1.66. The van der Waals surface area contributed by atoms with Crippen molar-refractivity contribution in [1.29, 1.82) is 0 Å². The number of carbonyl (C=O) groups excluding carboxylic acids is 1. The normalized spacial score (nSPS) is 17.7. The summed E-state index contributed by atoms with van der Waals surface area (Å²) < 4.78 is 1.92. The molecular formula is C13H12Cl2N2O2. The fraction of sp³-hybridized carbons (Fsp3) is 0.308. The summed E-state index contributed by atoms with van der Waals surface area (Å²) in [6.45, 7) is 1.48. The second-order valence-corrected chi connectivity index (χ2v) is 5.50. The number of phenolic OH excluding ortho intramolecular Hbond substituents is 1. The van der Waals surface area contributed by atoms with Crippen LogP contribution in [0.3, 0.4) is 0 Å². The molecule has 1 aliphatic rings. The maximum Gasteiger partial charge on any atom is 0.218 e. The molecular weight excluding hydrogens is 287 g/mol. The van der Waals surface area contributed by atoms with Gasteiger partial charge in [-0.2, -0.15) is 0 Å². The van der Waals surface area contributed by atoms with Gasteiger partial charge in [0, 0.05) is 24.1 Å². The molecule has 0 saturated heterocycles. The van der Waals surface area contributed by atoms with E-state index in [1.807, 2.05) is 10.6 Å². The molecule has 0 radical (unpaired) electrons. The number of hydrogen-bond donors (Lipinski definition) is 2. The van der Waals surface area contributed by atoms with E-state index < -0.39 is 0 Å². The smallest absolute Gasteiger partial charge is 0.218 e. The number of hydrogen-bond acceptors (Lipinski definition) is 2. The fourth-order valence-corrected chi connectivity index (χ4v) is 3.12. The Hall–Kier alpha value is -1.39. The summed E-state index contributed by atoms with van der Waals surface area (Å²) >= 11 is 12.1. The first-order valence-electron chi connectivity index (χ1n) is 5.97. The zero-order valence-corrected chi connectivity index (χ0v) is 11.7. The molecule has 2 N–H and O–H groups in total. The summed E-state index contributed by atoms with van der Waals surface area (Å²) in [5, 5.41) is 14.5. The first-order chi connectivity index (χ1) is 8.99. The van der Waals surface area contributed by atoms with Crippen LogP contribution in [-0.2, 0) is 11.2 Å². The zero-order chi connectivity index (χ0) is 13.7. The van der Waals surface area contributed by atoms with Gasteiger partial charge in [-0.05, 0) is 18.9 Å². The van der Waals surface area contributed by atoms with Gasteiger partial charge in [0.15, 0.2) is 0 Å².